The minimum absolute atomic E-state index is 0.251. The van der Waals surface area contributed by atoms with E-state index in [4.69, 9.17) is 4.74 Å². The van der Waals surface area contributed by atoms with Gasteiger partial charge in [-0.15, -0.1) is 0 Å². The Balaban J connectivity index is 0.000000861. The van der Waals surface area contributed by atoms with Crippen LogP contribution in [0.3, 0.4) is 0 Å². The average molecular weight is 270 g/mol. The van der Waals surface area contributed by atoms with Gasteiger partial charge in [-0.05, 0) is 13.3 Å². The Labute approximate surface area is 112 Å². The molecule has 0 amide bonds. The van der Waals surface area contributed by atoms with Crippen LogP contribution in [0.4, 0.5) is 0 Å². The molecule has 1 saturated heterocycles. The third-order valence-electron chi connectivity index (χ3n) is 3.06. The Kier molecular flexibility index (Phi) is 5.50. The van der Waals surface area contributed by atoms with Crippen LogP contribution in [0.15, 0.2) is 15.8 Å². The molecule has 0 radical (unpaired) electrons. The standard InChI is InChI=1S/C11H16N2O4.C2H6/c1-3-8-7(14)4-9(17-8)13-5-6(2)10(15)12-11(13)16;1-2/h5,7-9,14H,3-4H2,1-2H3,(H,12,15,16);1-2H3. The van der Waals surface area contributed by atoms with Crippen molar-refractivity contribution in [1.82, 2.24) is 9.55 Å². The molecule has 19 heavy (non-hydrogen) atoms. The largest absolute Gasteiger partial charge is 0.390 e. The third kappa shape index (κ3) is 3.33. The molecule has 6 nitrogen and oxygen atoms in total. The summed E-state index contributed by atoms with van der Waals surface area (Å²) < 4.78 is 6.90. The maximum Gasteiger partial charge on any atom is 0.330 e. The molecule has 2 rings (SSSR count). The fourth-order valence-electron chi connectivity index (χ4n) is 2.05. The fraction of sp³-hybridized carbons (Fsp3) is 0.692. The lowest BCUT2D eigenvalue weighted by Gasteiger charge is -2.14. The van der Waals surface area contributed by atoms with Gasteiger partial charge in [0.25, 0.3) is 5.56 Å². The number of H-pyrrole nitrogens is 1. The van der Waals surface area contributed by atoms with Crippen molar-refractivity contribution < 1.29 is 9.84 Å². The summed E-state index contributed by atoms with van der Waals surface area (Å²) in [7, 11) is 0. The van der Waals surface area contributed by atoms with E-state index in [0.717, 1.165) is 0 Å². The van der Waals surface area contributed by atoms with Gasteiger partial charge >= 0.3 is 5.69 Å². The van der Waals surface area contributed by atoms with Crippen LogP contribution in [0.2, 0.25) is 0 Å². The van der Waals surface area contributed by atoms with Crippen molar-refractivity contribution in [2.45, 2.75) is 59.0 Å². The van der Waals surface area contributed by atoms with Crippen LogP contribution >= 0.6 is 0 Å². The Bertz CT molecular complexity index is 520. The fourth-order valence-corrected chi connectivity index (χ4v) is 2.05. The first-order valence-corrected chi connectivity index (χ1v) is 6.68. The van der Waals surface area contributed by atoms with Gasteiger partial charge in [0, 0.05) is 18.2 Å². The third-order valence-corrected chi connectivity index (χ3v) is 3.06. The van der Waals surface area contributed by atoms with E-state index in [0.29, 0.717) is 18.4 Å². The number of nitrogens with zero attached hydrogens (tertiary/aromatic N) is 1. The number of aryl methyl sites for hydroxylation is 1. The molecule has 108 valence electrons. The van der Waals surface area contributed by atoms with Crippen LogP contribution in [0.5, 0.6) is 0 Å². The summed E-state index contributed by atoms with van der Waals surface area (Å²) >= 11 is 0. The van der Waals surface area contributed by atoms with Crippen LogP contribution in [0.1, 0.15) is 45.4 Å². The highest BCUT2D eigenvalue weighted by atomic mass is 16.5. The highest BCUT2D eigenvalue weighted by Gasteiger charge is 2.34. The molecule has 1 aliphatic rings. The molecule has 2 heterocycles. The number of hydrogen-bond acceptors (Lipinski definition) is 4. The predicted molar refractivity (Wildman–Crippen MR) is 72.2 cm³/mol. The minimum Gasteiger partial charge on any atom is -0.390 e. The molecule has 6 heteroatoms. The number of hydrogen-bond donors (Lipinski definition) is 2. The van der Waals surface area contributed by atoms with E-state index >= 15 is 0 Å². The molecule has 0 saturated carbocycles. The van der Waals surface area contributed by atoms with Crippen molar-refractivity contribution in [3.8, 4) is 0 Å². The number of ether oxygens (including phenoxy) is 1. The van der Waals surface area contributed by atoms with E-state index in [1.807, 2.05) is 20.8 Å². The van der Waals surface area contributed by atoms with Crippen LogP contribution in [0, 0.1) is 6.92 Å². The zero-order chi connectivity index (χ0) is 14.6. The maximum absolute atomic E-state index is 11.6. The quantitative estimate of drug-likeness (QED) is 0.837. The summed E-state index contributed by atoms with van der Waals surface area (Å²) in [4.78, 5) is 25.1. The van der Waals surface area contributed by atoms with Gasteiger partial charge in [-0.2, -0.15) is 0 Å². The van der Waals surface area contributed by atoms with Crippen molar-refractivity contribution in [2.24, 2.45) is 0 Å². The van der Waals surface area contributed by atoms with Crippen molar-refractivity contribution in [3.63, 3.8) is 0 Å². The van der Waals surface area contributed by atoms with E-state index in [1.165, 1.54) is 10.8 Å². The molecular weight excluding hydrogens is 248 g/mol. The molecule has 3 unspecified atom stereocenters. The van der Waals surface area contributed by atoms with E-state index in [9.17, 15) is 14.7 Å². The minimum atomic E-state index is -0.566. The molecule has 1 aliphatic heterocycles. The summed E-state index contributed by atoms with van der Waals surface area (Å²) in [5.41, 5.74) is -0.450. The highest BCUT2D eigenvalue weighted by Crippen LogP contribution is 2.28. The molecule has 2 N–H and O–H groups in total. The lowest BCUT2D eigenvalue weighted by molar-refractivity contribution is -0.0218. The zero-order valence-corrected chi connectivity index (χ0v) is 11.8. The van der Waals surface area contributed by atoms with Crippen molar-refractivity contribution >= 4 is 0 Å². The molecule has 3 atom stereocenters. The lowest BCUT2D eigenvalue weighted by Crippen LogP contribution is -2.33. The maximum atomic E-state index is 11.6. The van der Waals surface area contributed by atoms with Gasteiger partial charge in [0.1, 0.15) is 6.23 Å². The molecule has 1 aromatic rings. The summed E-state index contributed by atoms with van der Waals surface area (Å²) in [6, 6.07) is 0. The van der Waals surface area contributed by atoms with Gasteiger partial charge in [0.2, 0.25) is 0 Å². The second kappa shape index (κ2) is 6.68. The second-order valence-electron chi connectivity index (χ2n) is 4.32. The number of rotatable bonds is 2. The lowest BCUT2D eigenvalue weighted by atomic mass is 10.1. The Hall–Kier alpha value is -1.40. The second-order valence-corrected chi connectivity index (χ2v) is 4.32. The van der Waals surface area contributed by atoms with Crippen molar-refractivity contribution in [1.29, 1.82) is 0 Å². The Morgan fingerprint density at radius 1 is 1.47 bits per heavy atom. The number of aliphatic hydroxyl groups excluding tert-OH is 1. The van der Waals surface area contributed by atoms with Gasteiger partial charge in [0.05, 0.1) is 12.2 Å². The first-order valence-electron chi connectivity index (χ1n) is 6.68. The van der Waals surface area contributed by atoms with Gasteiger partial charge in [-0.1, -0.05) is 20.8 Å². The number of aliphatic hydroxyl groups is 1. The summed E-state index contributed by atoms with van der Waals surface area (Å²) in [6.07, 6.45) is 1.20. The normalized spacial score (nSPS) is 25.8. The van der Waals surface area contributed by atoms with E-state index < -0.39 is 23.6 Å². The van der Waals surface area contributed by atoms with Gasteiger partial charge < -0.3 is 9.84 Å². The zero-order valence-electron chi connectivity index (χ0n) is 11.8. The van der Waals surface area contributed by atoms with Gasteiger partial charge in [-0.25, -0.2) is 4.79 Å². The topological polar surface area (TPSA) is 84.3 Å². The van der Waals surface area contributed by atoms with E-state index in [-0.39, 0.29) is 6.10 Å². The smallest absolute Gasteiger partial charge is 0.330 e. The molecule has 1 aromatic heterocycles. The molecular formula is C13H22N2O4. The van der Waals surface area contributed by atoms with Crippen LogP contribution < -0.4 is 11.2 Å². The van der Waals surface area contributed by atoms with E-state index in [2.05, 4.69) is 4.98 Å². The Morgan fingerprint density at radius 3 is 2.63 bits per heavy atom. The first-order chi connectivity index (χ1) is 9.02. The van der Waals surface area contributed by atoms with Crippen LogP contribution in [0.25, 0.3) is 0 Å². The molecule has 0 bridgehead atoms. The average Bonchev–Trinajstić information content (AvgIpc) is 2.77. The van der Waals surface area contributed by atoms with Crippen molar-refractivity contribution in [2.75, 3.05) is 0 Å². The summed E-state index contributed by atoms with van der Waals surface area (Å²) in [6.45, 7) is 7.54. The predicted octanol–water partition coefficient (Wildman–Crippen LogP) is 0.930. The monoisotopic (exact) mass is 270 g/mol. The van der Waals surface area contributed by atoms with Gasteiger partial charge in [0.15, 0.2) is 0 Å². The number of aromatic nitrogens is 2. The van der Waals surface area contributed by atoms with E-state index in [1.54, 1.807) is 6.92 Å². The molecule has 0 spiro atoms. The number of nitrogens with one attached hydrogen (secondary N) is 1. The van der Waals surface area contributed by atoms with Crippen molar-refractivity contribution in [3.05, 3.63) is 32.6 Å². The van der Waals surface area contributed by atoms with Crippen LogP contribution in [-0.2, 0) is 4.74 Å². The first kappa shape index (κ1) is 15.7. The van der Waals surface area contributed by atoms with Crippen LogP contribution in [-0.4, -0.2) is 26.9 Å². The Morgan fingerprint density at radius 2 is 2.11 bits per heavy atom. The summed E-state index contributed by atoms with van der Waals surface area (Å²) in [5.74, 6) is 0. The number of aromatic amines is 1. The highest BCUT2D eigenvalue weighted by molar-refractivity contribution is 5.01. The van der Waals surface area contributed by atoms with Gasteiger partial charge in [-0.3, -0.25) is 14.3 Å². The summed E-state index contributed by atoms with van der Waals surface area (Å²) in [5, 5.41) is 9.72. The molecule has 0 aromatic carbocycles. The molecule has 0 aliphatic carbocycles. The SMILES string of the molecule is CC.CCC1OC(n2cc(C)c(=O)[nH]c2=O)CC1O. The molecule has 1 fully saturated rings.